The van der Waals surface area contributed by atoms with Crippen LogP contribution in [0.4, 0.5) is 8.78 Å². The average molecular weight is 508 g/mol. The highest BCUT2D eigenvalue weighted by atomic mass is 35.5. The molecule has 0 fully saturated rings. The monoisotopic (exact) mass is 507 g/mol. The maximum atomic E-state index is 13.8. The highest BCUT2D eigenvalue weighted by molar-refractivity contribution is 7.90. The first-order valence-electron chi connectivity index (χ1n) is 9.35. The lowest BCUT2D eigenvalue weighted by Crippen LogP contribution is -2.15. The fourth-order valence-corrected chi connectivity index (χ4v) is 6.28. The predicted octanol–water partition coefficient (Wildman–Crippen LogP) is 7.90. The van der Waals surface area contributed by atoms with E-state index in [2.05, 4.69) is 0 Å². The molecule has 0 aliphatic rings. The van der Waals surface area contributed by atoms with Crippen molar-refractivity contribution in [3.63, 3.8) is 0 Å². The first kappa shape index (κ1) is 22.7. The summed E-state index contributed by atoms with van der Waals surface area (Å²) in [6, 6.07) is 19.4. The van der Waals surface area contributed by atoms with E-state index in [0.717, 1.165) is 15.3 Å². The molecule has 0 amide bonds. The molecular weight excluding hydrogens is 492 g/mol. The van der Waals surface area contributed by atoms with Gasteiger partial charge < -0.3 is 0 Å². The second-order valence-electron chi connectivity index (χ2n) is 6.58. The molecule has 0 unspecified atom stereocenters. The van der Waals surface area contributed by atoms with E-state index < -0.39 is 16.4 Å². The summed E-state index contributed by atoms with van der Waals surface area (Å²) in [5.41, 5.74) is 0.980. The Kier molecular flexibility index (Phi) is 6.76. The van der Waals surface area contributed by atoms with E-state index in [1.165, 1.54) is 41.8 Å². The molecule has 0 spiro atoms. The zero-order valence-corrected chi connectivity index (χ0v) is 19.6. The molecule has 0 aliphatic carbocycles. The van der Waals surface area contributed by atoms with Crippen LogP contribution in [0, 0.1) is 0 Å². The number of alkyl halides is 2. The Balaban J connectivity index is 2.14. The van der Waals surface area contributed by atoms with Crippen LogP contribution in [-0.2, 0) is 10.0 Å². The molecule has 4 aromatic rings. The van der Waals surface area contributed by atoms with Gasteiger partial charge in [-0.25, -0.2) is 21.2 Å². The zero-order valence-electron chi connectivity index (χ0n) is 16.4. The lowest BCUT2D eigenvalue weighted by atomic mass is 10.0. The topological polar surface area (TPSA) is 39.1 Å². The SMILES string of the molecule is O=S(=O)(c1ccc(Cl)cc1)n1ccccccc(-c2ccsc2C(F)F)c1-c1cccs1. The van der Waals surface area contributed by atoms with Crippen molar-refractivity contribution < 1.29 is 17.2 Å². The number of benzene rings is 1. The van der Waals surface area contributed by atoms with Crippen molar-refractivity contribution >= 4 is 44.3 Å². The molecule has 3 aromatic heterocycles. The van der Waals surface area contributed by atoms with E-state index in [9.17, 15) is 17.2 Å². The summed E-state index contributed by atoms with van der Waals surface area (Å²) < 4.78 is 56.1. The minimum Gasteiger partial charge on any atom is -0.240 e. The van der Waals surface area contributed by atoms with Crippen molar-refractivity contribution in [2.24, 2.45) is 0 Å². The fraction of sp³-hybridized carbons (Fsp3) is 0.0435. The van der Waals surface area contributed by atoms with Gasteiger partial charge in [-0.1, -0.05) is 41.9 Å². The lowest BCUT2D eigenvalue weighted by molar-refractivity contribution is 0.156. The van der Waals surface area contributed by atoms with E-state index in [1.54, 1.807) is 53.9 Å². The van der Waals surface area contributed by atoms with E-state index >= 15 is 0 Å². The number of thiophene rings is 2. The van der Waals surface area contributed by atoms with Crippen LogP contribution < -0.4 is 0 Å². The van der Waals surface area contributed by atoms with Crippen molar-refractivity contribution in [2.75, 3.05) is 0 Å². The van der Waals surface area contributed by atoms with Crippen molar-refractivity contribution in [3.8, 4) is 21.7 Å². The normalized spacial score (nSPS) is 11.5. The van der Waals surface area contributed by atoms with Gasteiger partial charge in [-0.15, -0.1) is 22.7 Å². The third-order valence-electron chi connectivity index (χ3n) is 4.60. The van der Waals surface area contributed by atoms with Gasteiger partial charge in [0.2, 0.25) is 0 Å². The maximum absolute atomic E-state index is 13.8. The second kappa shape index (κ2) is 9.54. The van der Waals surface area contributed by atoms with Crippen LogP contribution in [0.1, 0.15) is 11.3 Å². The number of hydrogen-bond acceptors (Lipinski definition) is 4. The van der Waals surface area contributed by atoms with Crippen LogP contribution in [0.2, 0.25) is 5.02 Å². The smallest absolute Gasteiger partial charge is 0.240 e. The van der Waals surface area contributed by atoms with Crippen LogP contribution in [0.5, 0.6) is 0 Å². The third kappa shape index (κ3) is 4.49. The Labute approximate surface area is 197 Å². The minimum atomic E-state index is -4.08. The molecule has 3 nitrogen and oxygen atoms in total. The molecule has 0 N–H and O–H groups in total. The summed E-state index contributed by atoms with van der Waals surface area (Å²) in [6.45, 7) is 0. The Hall–Kier alpha value is -2.52. The van der Waals surface area contributed by atoms with Gasteiger partial charge in [0.15, 0.2) is 0 Å². The summed E-state index contributed by atoms with van der Waals surface area (Å²) in [5, 5.41) is 3.80. The third-order valence-corrected chi connectivity index (χ3v) is 8.34. The molecule has 32 heavy (non-hydrogen) atoms. The van der Waals surface area contributed by atoms with E-state index in [1.807, 2.05) is 5.38 Å². The number of aromatic nitrogens is 1. The highest BCUT2D eigenvalue weighted by Gasteiger charge is 2.24. The molecule has 0 aliphatic heterocycles. The Morgan fingerprint density at radius 1 is 0.812 bits per heavy atom. The van der Waals surface area contributed by atoms with Crippen LogP contribution in [-0.4, -0.2) is 12.4 Å². The van der Waals surface area contributed by atoms with Gasteiger partial charge in [0, 0.05) is 22.3 Å². The van der Waals surface area contributed by atoms with Gasteiger partial charge in [-0.05, 0) is 53.2 Å². The van der Waals surface area contributed by atoms with Crippen molar-refractivity contribution in [1.29, 1.82) is 0 Å². The number of rotatable bonds is 5. The highest BCUT2D eigenvalue weighted by Crippen LogP contribution is 2.41. The van der Waals surface area contributed by atoms with Crippen LogP contribution >= 0.6 is 34.3 Å². The van der Waals surface area contributed by atoms with Crippen molar-refractivity contribution in [2.45, 2.75) is 11.3 Å². The summed E-state index contributed by atoms with van der Waals surface area (Å²) in [5.74, 6) is 0. The Bertz CT molecular complexity index is 1370. The first-order chi connectivity index (χ1) is 15.4. The lowest BCUT2D eigenvalue weighted by Gasteiger charge is -2.16. The quantitative estimate of drug-likeness (QED) is 0.275. The first-order valence-corrected chi connectivity index (χ1v) is 12.9. The molecule has 0 radical (unpaired) electrons. The van der Waals surface area contributed by atoms with Gasteiger partial charge >= 0.3 is 0 Å². The Morgan fingerprint density at radius 3 is 2.25 bits per heavy atom. The molecule has 0 saturated heterocycles. The molecule has 1 aromatic carbocycles. The van der Waals surface area contributed by atoms with Gasteiger partial charge in [-0.2, -0.15) is 0 Å². The molecular formula is C23H16ClF2NO2S3. The summed E-state index contributed by atoms with van der Waals surface area (Å²) in [4.78, 5) is 0.543. The van der Waals surface area contributed by atoms with E-state index in [0.29, 0.717) is 26.7 Å². The van der Waals surface area contributed by atoms with Gasteiger partial charge in [0.25, 0.3) is 16.4 Å². The average Bonchev–Trinajstić information content (AvgIpc) is 3.46. The van der Waals surface area contributed by atoms with Crippen LogP contribution in [0.25, 0.3) is 21.7 Å². The van der Waals surface area contributed by atoms with Gasteiger partial charge in [0.1, 0.15) is 0 Å². The molecule has 3 heterocycles. The molecule has 0 atom stereocenters. The summed E-state index contributed by atoms with van der Waals surface area (Å²) >= 11 is 8.22. The molecule has 4 rings (SSSR count). The minimum absolute atomic E-state index is 0.0339. The van der Waals surface area contributed by atoms with Gasteiger partial charge in [-0.3, -0.25) is 0 Å². The summed E-state index contributed by atoms with van der Waals surface area (Å²) in [7, 11) is -4.08. The van der Waals surface area contributed by atoms with Crippen molar-refractivity contribution in [3.05, 3.63) is 99.7 Å². The number of hydrogen-bond donors (Lipinski definition) is 0. The van der Waals surface area contributed by atoms with E-state index in [-0.39, 0.29) is 9.77 Å². The largest absolute Gasteiger partial charge is 0.273 e. The Morgan fingerprint density at radius 2 is 1.56 bits per heavy atom. The van der Waals surface area contributed by atoms with Crippen LogP contribution in [0.15, 0.2) is 94.6 Å². The predicted molar refractivity (Wildman–Crippen MR) is 128 cm³/mol. The zero-order chi connectivity index (χ0) is 22.7. The van der Waals surface area contributed by atoms with E-state index in [4.69, 9.17) is 11.6 Å². The second-order valence-corrected chi connectivity index (χ2v) is 10.7. The molecule has 164 valence electrons. The van der Waals surface area contributed by atoms with Crippen molar-refractivity contribution in [1.82, 2.24) is 3.97 Å². The molecule has 0 saturated carbocycles. The van der Waals surface area contributed by atoms with Gasteiger partial charge in [0.05, 0.1) is 20.3 Å². The van der Waals surface area contributed by atoms with Crippen LogP contribution in [0.3, 0.4) is 0 Å². The molecule has 9 heteroatoms. The standard InChI is InChI=1S/C23H16ClF2NO2S3/c24-16-8-10-17(11-9-16)32(28,29)27-13-4-2-1-3-6-18(21(27)20-7-5-14-30-20)19-12-15-31-22(19)23(25)26/h1-15,23H. The maximum Gasteiger partial charge on any atom is 0.273 e. The number of halogens is 3. The summed E-state index contributed by atoms with van der Waals surface area (Å²) in [6.07, 6.45) is -1.26. The fourth-order valence-electron chi connectivity index (χ4n) is 3.19. The molecule has 0 bridgehead atoms. The number of nitrogens with zero attached hydrogens (tertiary/aromatic N) is 1.